The molecular formula is C17H11ClF3N3O3S. The first-order chi connectivity index (χ1) is 13.1. The number of para-hydroxylation sites is 1. The van der Waals surface area contributed by atoms with E-state index in [-0.39, 0.29) is 5.69 Å². The third-order valence-corrected chi connectivity index (χ3v) is 5.41. The second-order valence-corrected chi connectivity index (χ2v) is 7.65. The van der Waals surface area contributed by atoms with Gasteiger partial charge in [-0.05, 0) is 30.3 Å². The van der Waals surface area contributed by atoms with Gasteiger partial charge in [-0.1, -0.05) is 35.9 Å². The number of benzene rings is 2. The molecule has 0 fully saturated rings. The number of nitrogens with one attached hydrogen (secondary N) is 2. The number of alkyl halides is 3. The lowest BCUT2D eigenvalue weighted by Crippen LogP contribution is -2.42. The van der Waals surface area contributed by atoms with E-state index < -0.39 is 37.6 Å². The van der Waals surface area contributed by atoms with Crippen LogP contribution in [0.1, 0.15) is 16.1 Å². The topological polar surface area (TPSA) is 88.2 Å². The second kappa shape index (κ2) is 7.38. The Bertz CT molecular complexity index is 1170. The van der Waals surface area contributed by atoms with Gasteiger partial charge in [-0.2, -0.15) is 13.2 Å². The van der Waals surface area contributed by atoms with Crippen LogP contribution < -0.4 is 10.3 Å². The summed E-state index contributed by atoms with van der Waals surface area (Å²) >= 11 is 5.72. The van der Waals surface area contributed by atoms with Crippen molar-refractivity contribution in [1.82, 2.24) is 15.2 Å². The lowest BCUT2D eigenvalue weighted by atomic mass is 10.2. The van der Waals surface area contributed by atoms with E-state index in [1.807, 2.05) is 5.43 Å². The maximum Gasteiger partial charge on any atom is 0.416 e. The van der Waals surface area contributed by atoms with Gasteiger partial charge < -0.3 is 0 Å². The van der Waals surface area contributed by atoms with Gasteiger partial charge in [0.15, 0.2) is 0 Å². The third-order valence-electron chi connectivity index (χ3n) is 3.68. The Balaban J connectivity index is 1.82. The zero-order valence-electron chi connectivity index (χ0n) is 13.8. The number of nitrogens with zero attached hydrogens (tertiary/aromatic N) is 1. The second-order valence-electron chi connectivity index (χ2n) is 5.59. The minimum Gasteiger partial charge on any atom is -0.272 e. The number of sulfonamides is 1. The van der Waals surface area contributed by atoms with Gasteiger partial charge in [0.25, 0.3) is 15.9 Å². The van der Waals surface area contributed by atoms with Crippen LogP contribution in [0, 0.1) is 0 Å². The molecular weight excluding hydrogens is 419 g/mol. The highest BCUT2D eigenvalue weighted by molar-refractivity contribution is 7.89. The molecule has 2 aromatic carbocycles. The van der Waals surface area contributed by atoms with Crippen LogP contribution >= 0.6 is 11.6 Å². The van der Waals surface area contributed by atoms with Gasteiger partial charge in [0.2, 0.25) is 0 Å². The largest absolute Gasteiger partial charge is 0.416 e. The Morgan fingerprint density at radius 1 is 1.04 bits per heavy atom. The summed E-state index contributed by atoms with van der Waals surface area (Å²) in [6.45, 7) is 0. The predicted molar refractivity (Wildman–Crippen MR) is 96.0 cm³/mol. The van der Waals surface area contributed by atoms with Crippen molar-refractivity contribution in [2.24, 2.45) is 0 Å². The number of rotatable bonds is 4. The highest BCUT2D eigenvalue weighted by Crippen LogP contribution is 2.33. The fourth-order valence-corrected chi connectivity index (χ4v) is 3.68. The van der Waals surface area contributed by atoms with Crippen LogP contribution in [-0.2, 0) is 16.2 Å². The van der Waals surface area contributed by atoms with E-state index in [0.29, 0.717) is 17.6 Å². The maximum atomic E-state index is 12.8. The zero-order chi connectivity index (χ0) is 20.5. The first-order valence-corrected chi connectivity index (χ1v) is 9.49. The molecule has 6 nitrogen and oxygen atoms in total. The fourth-order valence-electron chi connectivity index (χ4n) is 2.31. The number of halogens is 4. The molecule has 0 aliphatic carbocycles. The molecule has 0 aliphatic rings. The molecule has 11 heteroatoms. The van der Waals surface area contributed by atoms with Crippen molar-refractivity contribution >= 4 is 38.4 Å². The summed E-state index contributed by atoms with van der Waals surface area (Å²) in [5.41, 5.74) is 1.14. The monoisotopic (exact) mass is 429 g/mol. The summed E-state index contributed by atoms with van der Waals surface area (Å²) in [6, 6.07) is 11.8. The SMILES string of the molecule is O=C(NNS(=O)(=O)c1cc(C(F)(F)F)ccc1Cl)c1ccc2ccccc2n1. The van der Waals surface area contributed by atoms with E-state index in [2.05, 4.69) is 4.98 Å². The molecule has 0 atom stereocenters. The van der Waals surface area contributed by atoms with E-state index in [4.69, 9.17) is 11.6 Å². The Labute approximate surface area is 162 Å². The summed E-state index contributed by atoms with van der Waals surface area (Å²) in [7, 11) is -4.56. The van der Waals surface area contributed by atoms with E-state index >= 15 is 0 Å². The predicted octanol–water partition coefficient (Wildman–Crippen LogP) is 3.53. The average molecular weight is 430 g/mol. The quantitative estimate of drug-likeness (QED) is 0.621. The van der Waals surface area contributed by atoms with Crippen molar-refractivity contribution in [2.45, 2.75) is 11.1 Å². The summed E-state index contributed by atoms with van der Waals surface area (Å²) in [4.78, 5) is 17.2. The van der Waals surface area contributed by atoms with Crippen molar-refractivity contribution in [3.8, 4) is 0 Å². The summed E-state index contributed by atoms with van der Waals surface area (Å²) in [5, 5.41) is 0.342. The Morgan fingerprint density at radius 2 is 1.75 bits per heavy atom. The lowest BCUT2D eigenvalue weighted by Gasteiger charge is -2.12. The highest BCUT2D eigenvalue weighted by Gasteiger charge is 2.32. The summed E-state index contributed by atoms with van der Waals surface area (Å²) < 4.78 is 63.0. The van der Waals surface area contributed by atoms with Crippen molar-refractivity contribution in [1.29, 1.82) is 0 Å². The number of carbonyl (C=O) groups excluding carboxylic acids is 1. The van der Waals surface area contributed by atoms with Crippen LogP contribution in [0.2, 0.25) is 5.02 Å². The van der Waals surface area contributed by atoms with Crippen LogP contribution in [0.3, 0.4) is 0 Å². The molecule has 1 heterocycles. The van der Waals surface area contributed by atoms with Crippen LogP contribution in [0.5, 0.6) is 0 Å². The van der Waals surface area contributed by atoms with Gasteiger partial charge >= 0.3 is 6.18 Å². The molecule has 2 N–H and O–H groups in total. The van der Waals surface area contributed by atoms with Crippen molar-refractivity contribution in [3.63, 3.8) is 0 Å². The molecule has 0 saturated carbocycles. The minimum absolute atomic E-state index is 0.0865. The van der Waals surface area contributed by atoms with Gasteiger partial charge in [-0.3, -0.25) is 10.2 Å². The Morgan fingerprint density at radius 3 is 2.46 bits per heavy atom. The van der Waals surface area contributed by atoms with Crippen LogP contribution in [-0.4, -0.2) is 19.3 Å². The number of pyridine rings is 1. The number of hydrazine groups is 1. The number of hydrogen-bond donors (Lipinski definition) is 2. The van der Waals surface area contributed by atoms with Crippen molar-refractivity contribution in [3.05, 3.63) is 70.9 Å². The third kappa shape index (κ3) is 4.24. The van der Waals surface area contributed by atoms with Gasteiger partial charge in [0.1, 0.15) is 10.6 Å². The van der Waals surface area contributed by atoms with Crippen LogP contribution in [0.4, 0.5) is 13.2 Å². The molecule has 3 rings (SSSR count). The molecule has 0 saturated heterocycles. The number of hydrogen-bond acceptors (Lipinski definition) is 4. The first-order valence-electron chi connectivity index (χ1n) is 7.62. The van der Waals surface area contributed by atoms with Gasteiger partial charge in [0.05, 0.1) is 16.1 Å². The van der Waals surface area contributed by atoms with E-state index in [9.17, 15) is 26.4 Å². The molecule has 0 unspecified atom stereocenters. The smallest absolute Gasteiger partial charge is 0.272 e. The maximum absolute atomic E-state index is 12.8. The van der Waals surface area contributed by atoms with E-state index in [1.54, 1.807) is 35.2 Å². The molecule has 0 radical (unpaired) electrons. The van der Waals surface area contributed by atoms with Crippen molar-refractivity contribution < 1.29 is 26.4 Å². The molecule has 28 heavy (non-hydrogen) atoms. The normalized spacial score (nSPS) is 12.1. The van der Waals surface area contributed by atoms with Gasteiger partial charge in [-0.25, -0.2) is 13.4 Å². The first kappa shape index (κ1) is 20.1. The Hall–Kier alpha value is -2.69. The fraction of sp³-hybridized carbons (Fsp3) is 0.0588. The Kier molecular flexibility index (Phi) is 5.28. The molecule has 3 aromatic rings. The van der Waals surface area contributed by atoms with E-state index in [1.165, 1.54) is 6.07 Å². The molecule has 1 amide bonds. The molecule has 0 aliphatic heterocycles. The standard InChI is InChI=1S/C17H11ClF3N3O3S/c18-12-7-6-11(17(19,20)21)9-15(12)28(26,27)24-23-16(25)14-8-5-10-3-1-2-4-13(10)22-14/h1-9,24H,(H,23,25). The lowest BCUT2D eigenvalue weighted by molar-refractivity contribution is -0.137. The van der Waals surface area contributed by atoms with Gasteiger partial charge in [0, 0.05) is 5.39 Å². The minimum atomic E-state index is -4.76. The van der Waals surface area contributed by atoms with E-state index in [0.717, 1.165) is 11.5 Å². The van der Waals surface area contributed by atoms with Crippen molar-refractivity contribution in [2.75, 3.05) is 0 Å². The molecule has 0 spiro atoms. The number of amides is 1. The number of carbonyl (C=O) groups is 1. The summed E-state index contributed by atoms with van der Waals surface area (Å²) in [6.07, 6.45) is -4.76. The summed E-state index contributed by atoms with van der Waals surface area (Å²) in [5.74, 6) is -0.891. The number of aromatic nitrogens is 1. The van der Waals surface area contributed by atoms with Crippen LogP contribution in [0.25, 0.3) is 10.9 Å². The zero-order valence-corrected chi connectivity index (χ0v) is 15.4. The number of fused-ring (bicyclic) bond motifs is 1. The molecule has 1 aromatic heterocycles. The molecule has 146 valence electrons. The van der Waals surface area contributed by atoms with Crippen LogP contribution in [0.15, 0.2) is 59.5 Å². The molecule has 0 bridgehead atoms. The highest BCUT2D eigenvalue weighted by atomic mass is 35.5. The van der Waals surface area contributed by atoms with Gasteiger partial charge in [-0.15, -0.1) is 4.83 Å². The average Bonchev–Trinajstić information content (AvgIpc) is 2.65.